The van der Waals surface area contributed by atoms with Gasteiger partial charge in [0, 0.05) is 16.8 Å². The van der Waals surface area contributed by atoms with E-state index in [4.69, 9.17) is 4.74 Å². The highest BCUT2D eigenvalue weighted by Crippen LogP contribution is 2.29. The van der Waals surface area contributed by atoms with E-state index in [1.807, 2.05) is 54.6 Å². The molecule has 0 aliphatic heterocycles. The number of nitrogens with zero attached hydrogens (tertiary/aromatic N) is 3. The third-order valence-electron chi connectivity index (χ3n) is 4.34. The summed E-state index contributed by atoms with van der Waals surface area (Å²) >= 11 is 0. The van der Waals surface area contributed by atoms with Crippen molar-refractivity contribution < 1.29 is 4.74 Å². The molecule has 4 nitrogen and oxygen atoms in total. The lowest BCUT2D eigenvalue weighted by Gasteiger charge is -2.11. The van der Waals surface area contributed by atoms with Crippen LogP contribution in [0.2, 0.25) is 0 Å². The lowest BCUT2D eigenvalue weighted by molar-refractivity contribution is 0.415. The smallest absolute Gasteiger partial charge is 0.168 e. The largest absolute Gasteiger partial charge is 0.497 e. The molecule has 0 bridgehead atoms. The quantitative estimate of drug-likeness (QED) is 0.529. The van der Waals surface area contributed by atoms with Crippen molar-refractivity contribution in [2.45, 2.75) is 6.92 Å². The fourth-order valence-corrected chi connectivity index (χ4v) is 2.92. The molecule has 0 spiro atoms. The van der Waals surface area contributed by atoms with Crippen molar-refractivity contribution >= 4 is 0 Å². The Labute approximate surface area is 152 Å². The fourth-order valence-electron chi connectivity index (χ4n) is 2.92. The molecule has 0 fully saturated rings. The summed E-state index contributed by atoms with van der Waals surface area (Å²) < 4.78 is 7.37. The topological polar surface area (TPSA) is 39.9 Å². The molecule has 0 N–H and O–H groups in total. The fraction of sp³-hybridized carbons (Fsp3) is 0.0909. The van der Waals surface area contributed by atoms with Crippen molar-refractivity contribution in [3.8, 4) is 34.2 Å². The van der Waals surface area contributed by atoms with Crippen molar-refractivity contribution in [3.63, 3.8) is 0 Å². The predicted octanol–water partition coefficient (Wildman–Crippen LogP) is 4.92. The van der Waals surface area contributed by atoms with Crippen molar-refractivity contribution in [3.05, 3.63) is 84.4 Å². The molecule has 1 aromatic heterocycles. The van der Waals surface area contributed by atoms with Crippen molar-refractivity contribution in [1.29, 1.82) is 0 Å². The van der Waals surface area contributed by atoms with Crippen LogP contribution in [-0.4, -0.2) is 21.9 Å². The van der Waals surface area contributed by atoms with Crippen LogP contribution in [0.15, 0.2) is 78.9 Å². The van der Waals surface area contributed by atoms with Crippen LogP contribution in [0.5, 0.6) is 5.75 Å². The lowest BCUT2D eigenvalue weighted by atomic mass is 10.1. The zero-order valence-electron chi connectivity index (χ0n) is 14.8. The number of hydrogen-bond donors (Lipinski definition) is 0. The molecule has 4 rings (SSSR count). The molecule has 0 amide bonds. The minimum absolute atomic E-state index is 0.811. The van der Waals surface area contributed by atoms with E-state index in [0.29, 0.717) is 0 Å². The van der Waals surface area contributed by atoms with E-state index in [-0.39, 0.29) is 0 Å². The van der Waals surface area contributed by atoms with Crippen LogP contribution >= 0.6 is 0 Å². The first kappa shape index (κ1) is 16.1. The highest BCUT2D eigenvalue weighted by atomic mass is 16.5. The van der Waals surface area contributed by atoms with E-state index in [9.17, 15) is 0 Å². The summed E-state index contributed by atoms with van der Waals surface area (Å²) in [6.45, 7) is 2.08. The molecule has 0 aliphatic rings. The first-order valence-corrected chi connectivity index (χ1v) is 8.48. The van der Waals surface area contributed by atoms with Gasteiger partial charge in [0.25, 0.3) is 0 Å². The molecule has 0 atom stereocenters. The third-order valence-corrected chi connectivity index (χ3v) is 4.34. The Bertz CT molecular complexity index is 1000. The van der Waals surface area contributed by atoms with Gasteiger partial charge in [-0.2, -0.15) is 0 Å². The summed E-state index contributed by atoms with van der Waals surface area (Å²) in [5.41, 5.74) is 4.26. The monoisotopic (exact) mass is 341 g/mol. The molecule has 128 valence electrons. The number of aryl methyl sites for hydroxylation is 1. The van der Waals surface area contributed by atoms with Gasteiger partial charge in [0.1, 0.15) is 5.75 Å². The molecule has 1 heterocycles. The van der Waals surface area contributed by atoms with Crippen LogP contribution in [-0.2, 0) is 0 Å². The van der Waals surface area contributed by atoms with Gasteiger partial charge in [-0.1, -0.05) is 60.2 Å². The number of methoxy groups -OCH3 is 1. The molecule has 4 heteroatoms. The van der Waals surface area contributed by atoms with E-state index in [1.165, 1.54) is 5.56 Å². The molecule has 4 aromatic rings. The first-order valence-electron chi connectivity index (χ1n) is 8.48. The molecule has 0 saturated heterocycles. The Morgan fingerprint density at radius 3 is 1.85 bits per heavy atom. The number of benzene rings is 3. The van der Waals surface area contributed by atoms with Gasteiger partial charge in [0.05, 0.1) is 7.11 Å². The maximum atomic E-state index is 5.29. The zero-order valence-corrected chi connectivity index (χ0v) is 14.8. The van der Waals surface area contributed by atoms with E-state index < -0.39 is 0 Å². The van der Waals surface area contributed by atoms with Gasteiger partial charge in [-0.3, -0.25) is 4.57 Å². The summed E-state index contributed by atoms with van der Waals surface area (Å²) in [6.07, 6.45) is 0. The third kappa shape index (κ3) is 2.97. The molecular weight excluding hydrogens is 322 g/mol. The van der Waals surface area contributed by atoms with Crippen LogP contribution < -0.4 is 4.74 Å². The normalized spacial score (nSPS) is 10.7. The van der Waals surface area contributed by atoms with Gasteiger partial charge in [-0.15, -0.1) is 10.2 Å². The Kier molecular flexibility index (Phi) is 4.23. The average molecular weight is 341 g/mol. The minimum Gasteiger partial charge on any atom is -0.497 e. The van der Waals surface area contributed by atoms with Gasteiger partial charge in [0.15, 0.2) is 11.6 Å². The number of hydrogen-bond acceptors (Lipinski definition) is 3. The molecule has 0 radical (unpaired) electrons. The molecule has 3 aromatic carbocycles. The van der Waals surface area contributed by atoms with Gasteiger partial charge < -0.3 is 4.74 Å². The number of aromatic nitrogens is 3. The molecule has 26 heavy (non-hydrogen) atoms. The Morgan fingerprint density at radius 2 is 1.27 bits per heavy atom. The second-order valence-electron chi connectivity index (χ2n) is 6.11. The Morgan fingerprint density at radius 1 is 0.692 bits per heavy atom. The molecule has 0 saturated carbocycles. The van der Waals surface area contributed by atoms with E-state index in [0.717, 1.165) is 34.2 Å². The second-order valence-corrected chi connectivity index (χ2v) is 6.11. The van der Waals surface area contributed by atoms with Crippen molar-refractivity contribution in [2.24, 2.45) is 0 Å². The van der Waals surface area contributed by atoms with Gasteiger partial charge in [-0.25, -0.2) is 0 Å². The van der Waals surface area contributed by atoms with Gasteiger partial charge in [-0.05, 0) is 31.2 Å². The van der Waals surface area contributed by atoms with Crippen LogP contribution in [0.1, 0.15) is 5.56 Å². The van der Waals surface area contributed by atoms with Crippen LogP contribution in [0.25, 0.3) is 28.5 Å². The maximum absolute atomic E-state index is 5.29. The van der Waals surface area contributed by atoms with Crippen molar-refractivity contribution in [2.75, 3.05) is 7.11 Å². The predicted molar refractivity (Wildman–Crippen MR) is 104 cm³/mol. The molecule has 0 aliphatic carbocycles. The summed E-state index contributed by atoms with van der Waals surface area (Å²) in [7, 11) is 1.67. The van der Waals surface area contributed by atoms with E-state index in [1.54, 1.807) is 7.11 Å². The molecular formula is C22H19N3O. The van der Waals surface area contributed by atoms with Gasteiger partial charge in [0.2, 0.25) is 0 Å². The second kappa shape index (κ2) is 6.84. The SMILES string of the molecule is COc1ccc(-n2c(-c3ccccc3)nnc2-c2ccc(C)cc2)cc1. The summed E-state index contributed by atoms with van der Waals surface area (Å²) in [6, 6.07) is 26.4. The van der Waals surface area contributed by atoms with Gasteiger partial charge >= 0.3 is 0 Å². The number of rotatable bonds is 4. The van der Waals surface area contributed by atoms with E-state index in [2.05, 4.69) is 46.0 Å². The summed E-state index contributed by atoms with van der Waals surface area (Å²) in [5.74, 6) is 2.44. The Hall–Kier alpha value is -3.40. The number of ether oxygens (including phenoxy) is 1. The first-order chi connectivity index (χ1) is 12.8. The highest BCUT2D eigenvalue weighted by molar-refractivity contribution is 5.67. The minimum atomic E-state index is 0.811. The highest BCUT2D eigenvalue weighted by Gasteiger charge is 2.17. The van der Waals surface area contributed by atoms with Crippen molar-refractivity contribution in [1.82, 2.24) is 14.8 Å². The maximum Gasteiger partial charge on any atom is 0.168 e. The summed E-state index contributed by atoms with van der Waals surface area (Å²) in [4.78, 5) is 0. The standard InChI is InChI=1S/C22H19N3O/c1-16-8-10-18(11-9-16)22-24-23-21(17-6-4-3-5-7-17)25(22)19-12-14-20(26-2)15-13-19/h3-15H,1-2H3. The lowest BCUT2D eigenvalue weighted by Crippen LogP contribution is -2.00. The van der Waals surface area contributed by atoms with E-state index >= 15 is 0 Å². The average Bonchev–Trinajstić information content (AvgIpc) is 3.14. The van der Waals surface area contributed by atoms with Crippen LogP contribution in [0, 0.1) is 6.92 Å². The van der Waals surface area contributed by atoms with Crippen LogP contribution in [0.3, 0.4) is 0 Å². The van der Waals surface area contributed by atoms with Crippen LogP contribution in [0.4, 0.5) is 0 Å². The Balaban J connectivity index is 1.92. The zero-order chi connectivity index (χ0) is 17.9. The molecule has 0 unspecified atom stereocenters. The summed E-state index contributed by atoms with van der Waals surface area (Å²) in [5, 5.41) is 8.98.